The normalized spacial score (nSPS) is 13.5. The van der Waals surface area contributed by atoms with Crippen LogP contribution < -0.4 is 15.4 Å². The van der Waals surface area contributed by atoms with Crippen LogP contribution in [0.15, 0.2) is 48.7 Å². The number of nitrogens with one attached hydrogen (secondary N) is 4. The van der Waals surface area contributed by atoms with E-state index in [0.29, 0.717) is 12.6 Å². The first kappa shape index (κ1) is 23.7. The molecule has 4 N–H and O–H groups in total. The minimum atomic E-state index is 0.462. The summed E-state index contributed by atoms with van der Waals surface area (Å²) >= 11 is 0. The zero-order valence-corrected chi connectivity index (χ0v) is 21.7. The molecule has 7 heteroatoms. The number of hydrogen-bond donors (Lipinski definition) is 4. The number of nitrogens with zero attached hydrogens (tertiary/aromatic N) is 2. The fourth-order valence-corrected chi connectivity index (χ4v) is 4.99. The lowest BCUT2D eigenvalue weighted by atomic mass is 9.92. The van der Waals surface area contributed by atoms with Gasteiger partial charge in [-0.15, -0.1) is 0 Å². The number of fused-ring (bicyclic) bond motifs is 6. The van der Waals surface area contributed by atoms with Crippen molar-refractivity contribution in [3.8, 4) is 28.1 Å². The molecular weight excluding hydrogens is 460 g/mol. The first-order chi connectivity index (χ1) is 18.1. The van der Waals surface area contributed by atoms with Gasteiger partial charge in [-0.3, -0.25) is 0 Å². The van der Waals surface area contributed by atoms with E-state index in [-0.39, 0.29) is 0 Å². The van der Waals surface area contributed by atoms with Crippen LogP contribution in [-0.2, 0) is 19.7 Å². The molecule has 190 valence electrons. The molecule has 0 unspecified atom stereocenters. The summed E-state index contributed by atoms with van der Waals surface area (Å²) in [6, 6.07) is 15.7. The van der Waals surface area contributed by atoms with Gasteiger partial charge in [0.15, 0.2) is 0 Å². The Labute approximate surface area is 217 Å². The highest BCUT2D eigenvalue weighted by molar-refractivity contribution is 6.07. The van der Waals surface area contributed by atoms with E-state index in [1.807, 2.05) is 6.20 Å². The Morgan fingerprint density at radius 1 is 1.00 bits per heavy atom. The van der Waals surface area contributed by atoms with E-state index in [4.69, 9.17) is 9.72 Å². The largest absolute Gasteiger partial charge is 0.488 e. The Morgan fingerprint density at radius 3 is 2.78 bits per heavy atom. The van der Waals surface area contributed by atoms with E-state index in [0.717, 1.165) is 88.5 Å². The van der Waals surface area contributed by atoms with Crippen LogP contribution in [0, 0.1) is 0 Å². The molecule has 7 nitrogen and oxygen atoms in total. The molecule has 3 aromatic carbocycles. The van der Waals surface area contributed by atoms with Gasteiger partial charge >= 0.3 is 0 Å². The predicted molar refractivity (Wildman–Crippen MR) is 150 cm³/mol. The Balaban J connectivity index is 1.30. The van der Waals surface area contributed by atoms with E-state index in [9.17, 15) is 0 Å². The van der Waals surface area contributed by atoms with Crippen molar-refractivity contribution < 1.29 is 4.74 Å². The Morgan fingerprint density at radius 2 is 1.92 bits per heavy atom. The van der Waals surface area contributed by atoms with Crippen LogP contribution in [0.3, 0.4) is 0 Å². The minimum Gasteiger partial charge on any atom is -0.488 e. The highest BCUT2D eigenvalue weighted by atomic mass is 16.5. The second-order valence-corrected chi connectivity index (χ2v) is 9.99. The van der Waals surface area contributed by atoms with Gasteiger partial charge in [-0.05, 0) is 72.7 Å². The molecule has 0 saturated heterocycles. The van der Waals surface area contributed by atoms with Crippen LogP contribution in [0.2, 0.25) is 0 Å². The molecule has 0 aliphatic carbocycles. The zero-order valence-electron chi connectivity index (χ0n) is 21.7. The number of benzene rings is 3. The standard InChI is InChI=1S/C30H34N6O/c1-4-10-31-15-28-33-14-26(35-28)20-6-8-22-21(11-20)17-37-27-13-23-19(12-24(22)27)7-9-25-30(23)36-29(34-25)16-32-18(3)5-2/h6-9,11-14,18,31-32H,4-5,10,15-17H2,1-3H3,(H,33,35)(H,34,36)/t18-/m0/s1. The fraction of sp³-hybridized carbons (Fsp3) is 0.333. The van der Waals surface area contributed by atoms with Crippen molar-refractivity contribution in [2.75, 3.05) is 6.54 Å². The average Bonchev–Trinajstić information content (AvgIpc) is 3.58. The third-order valence-electron chi connectivity index (χ3n) is 7.28. The summed E-state index contributed by atoms with van der Waals surface area (Å²) < 4.78 is 6.28. The maximum absolute atomic E-state index is 6.28. The van der Waals surface area contributed by atoms with Crippen molar-refractivity contribution in [2.24, 2.45) is 0 Å². The molecule has 2 aromatic heterocycles. The zero-order chi connectivity index (χ0) is 25.4. The quantitative estimate of drug-likeness (QED) is 0.187. The van der Waals surface area contributed by atoms with E-state index >= 15 is 0 Å². The average molecular weight is 495 g/mol. The van der Waals surface area contributed by atoms with E-state index in [2.05, 4.69) is 88.8 Å². The lowest BCUT2D eigenvalue weighted by Gasteiger charge is -2.22. The SMILES string of the molecule is CCCNCc1ncc(-c2ccc3c(c2)COc2cc4c(ccc5[nH]c(CN[C@@H](C)CC)nc54)cc2-3)[nH]1. The lowest BCUT2D eigenvalue weighted by molar-refractivity contribution is 0.303. The van der Waals surface area contributed by atoms with E-state index in [1.54, 1.807) is 0 Å². The Bertz CT molecular complexity index is 1570. The summed E-state index contributed by atoms with van der Waals surface area (Å²) in [6.07, 6.45) is 4.12. The summed E-state index contributed by atoms with van der Waals surface area (Å²) in [5.74, 6) is 2.83. The van der Waals surface area contributed by atoms with Crippen molar-refractivity contribution in [1.29, 1.82) is 0 Å². The van der Waals surface area contributed by atoms with Crippen LogP contribution >= 0.6 is 0 Å². The number of imidazole rings is 2. The molecule has 0 amide bonds. The Kier molecular flexibility index (Phi) is 6.40. The summed E-state index contributed by atoms with van der Waals surface area (Å²) in [6.45, 7) is 9.56. The highest BCUT2D eigenvalue weighted by Gasteiger charge is 2.20. The molecule has 0 bridgehead atoms. The molecule has 0 fully saturated rings. The van der Waals surface area contributed by atoms with Crippen LogP contribution in [0.4, 0.5) is 0 Å². The maximum atomic E-state index is 6.28. The summed E-state index contributed by atoms with van der Waals surface area (Å²) in [5, 5.41) is 9.19. The van der Waals surface area contributed by atoms with Gasteiger partial charge < -0.3 is 25.3 Å². The molecule has 3 heterocycles. The second-order valence-electron chi connectivity index (χ2n) is 9.99. The highest BCUT2D eigenvalue weighted by Crippen LogP contribution is 2.42. The number of aromatic nitrogens is 4. The van der Waals surface area contributed by atoms with Crippen molar-refractivity contribution in [1.82, 2.24) is 30.6 Å². The lowest BCUT2D eigenvalue weighted by Crippen LogP contribution is -2.24. The molecule has 0 radical (unpaired) electrons. The monoisotopic (exact) mass is 494 g/mol. The van der Waals surface area contributed by atoms with Crippen molar-refractivity contribution in [2.45, 2.75) is 59.4 Å². The van der Waals surface area contributed by atoms with Gasteiger partial charge in [0.05, 0.1) is 36.0 Å². The van der Waals surface area contributed by atoms with Gasteiger partial charge in [0.25, 0.3) is 0 Å². The third-order valence-corrected chi connectivity index (χ3v) is 7.28. The van der Waals surface area contributed by atoms with Gasteiger partial charge in [-0.25, -0.2) is 9.97 Å². The van der Waals surface area contributed by atoms with Crippen LogP contribution in [0.1, 0.15) is 50.8 Å². The number of ether oxygens (including phenoxy) is 1. The molecule has 5 aromatic rings. The van der Waals surface area contributed by atoms with Crippen molar-refractivity contribution in [3.63, 3.8) is 0 Å². The molecule has 6 rings (SSSR count). The topological polar surface area (TPSA) is 90.7 Å². The molecular formula is C30H34N6O. The van der Waals surface area contributed by atoms with Gasteiger partial charge in [0, 0.05) is 17.0 Å². The fourth-order valence-electron chi connectivity index (χ4n) is 4.99. The number of aromatic amines is 2. The molecule has 37 heavy (non-hydrogen) atoms. The van der Waals surface area contributed by atoms with Gasteiger partial charge in [-0.2, -0.15) is 0 Å². The van der Waals surface area contributed by atoms with Gasteiger partial charge in [0.1, 0.15) is 24.0 Å². The van der Waals surface area contributed by atoms with Crippen LogP contribution in [0.5, 0.6) is 5.75 Å². The molecule has 0 saturated carbocycles. The molecule has 1 aliphatic heterocycles. The molecule has 0 spiro atoms. The minimum absolute atomic E-state index is 0.462. The second kappa shape index (κ2) is 10.00. The Hall–Kier alpha value is -3.68. The van der Waals surface area contributed by atoms with E-state index < -0.39 is 0 Å². The smallest absolute Gasteiger partial charge is 0.128 e. The summed E-state index contributed by atoms with van der Waals surface area (Å²) in [4.78, 5) is 16.4. The molecule has 1 atom stereocenters. The first-order valence-electron chi connectivity index (χ1n) is 13.3. The summed E-state index contributed by atoms with van der Waals surface area (Å²) in [5.41, 5.74) is 7.73. The molecule has 1 aliphatic rings. The van der Waals surface area contributed by atoms with Crippen LogP contribution in [0.25, 0.3) is 44.2 Å². The number of hydrogen-bond acceptors (Lipinski definition) is 5. The van der Waals surface area contributed by atoms with Crippen molar-refractivity contribution >= 4 is 21.8 Å². The van der Waals surface area contributed by atoms with Crippen LogP contribution in [-0.4, -0.2) is 32.5 Å². The predicted octanol–water partition coefficient (Wildman–Crippen LogP) is 6.05. The number of H-pyrrole nitrogens is 2. The third kappa shape index (κ3) is 4.61. The van der Waals surface area contributed by atoms with Crippen molar-refractivity contribution in [3.05, 3.63) is 65.9 Å². The maximum Gasteiger partial charge on any atom is 0.128 e. The first-order valence-corrected chi connectivity index (χ1v) is 13.3. The van der Waals surface area contributed by atoms with Gasteiger partial charge in [-0.1, -0.05) is 32.0 Å². The van der Waals surface area contributed by atoms with Gasteiger partial charge in [0.2, 0.25) is 0 Å². The summed E-state index contributed by atoms with van der Waals surface area (Å²) in [7, 11) is 0. The van der Waals surface area contributed by atoms with E-state index in [1.165, 1.54) is 11.1 Å². The number of rotatable bonds is 9.